The average Bonchev–Trinajstić information content (AvgIpc) is 2.50. The van der Waals surface area contributed by atoms with Gasteiger partial charge in [0.25, 0.3) is 0 Å². The van der Waals surface area contributed by atoms with Gasteiger partial charge < -0.3 is 0 Å². The van der Waals surface area contributed by atoms with Gasteiger partial charge >= 0.3 is 0 Å². The fraction of sp³-hybridized carbons (Fsp3) is 0.700. The van der Waals surface area contributed by atoms with Crippen LogP contribution < -0.4 is 5.06 Å². The second-order valence-electron chi connectivity index (χ2n) is 4.44. The Labute approximate surface area is 85.1 Å². The highest BCUT2D eigenvalue weighted by atomic mass is 16.5. The number of aromatic nitrogens is 2. The lowest BCUT2D eigenvalue weighted by molar-refractivity contribution is 0.181. The van der Waals surface area contributed by atoms with Gasteiger partial charge in [0.05, 0.1) is 17.9 Å². The van der Waals surface area contributed by atoms with Crippen LogP contribution in [0, 0.1) is 0 Å². The topological polar surface area (TPSA) is 41.3 Å². The molecule has 0 saturated carbocycles. The Kier molecular flexibility index (Phi) is 3.16. The van der Waals surface area contributed by atoms with Gasteiger partial charge in [0, 0.05) is 6.54 Å². The van der Waals surface area contributed by atoms with Gasteiger partial charge in [0.2, 0.25) is 0 Å². The summed E-state index contributed by atoms with van der Waals surface area (Å²) in [5.74, 6) is 0. The molecule has 1 N–H and O–H groups in total. The minimum absolute atomic E-state index is 0.292. The molecule has 0 bridgehead atoms. The lowest BCUT2D eigenvalue weighted by Gasteiger charge is -2.29. The second-order valence-corrected chi connectivity index (χ2v) is 4.44. The number of anilines is 1. The smallest absolute Gasteiger partial charge is 0.102 e. The summed E-state index contributed by atoms with van der Waals surface area (Å²) < 4.78 is 1.84. The highest BCUT2D eigenvalue weighted by Gasteiger charge is 2.20. The van der Waals surface area contributed by atoms with Gasteiger partial charge in [-0.1, -0.05) is 6.92 Å². The van der Waals surface area contributed by atoms with Crippen molar-refractivity contribution in [1.82, 2.24) is 9.78 Å². The fourth-order valence-corrected chi connectivity index (χ4v) is 1.20. The van der Waals surface area contributed by atoms with E-state index in [2.05, 4.69) is 12.0 Å². The Morgan fingerprint density at radius 1 is 1.50 bits per heavy atom. The summed E-state index contributed by atoms with van der Waals surface area (Å²) in [4.78, 5) is 0. The average molecular weight is 197 g/mol. The molecule has 4 heteroatoms. The van der Waals surface area contributed by atoms with Gasteiger partial charge in [-0.15, -0.1) is 0 Å². The van der Waals surface area contributed by atoms with Crippen molar-refractivity contribution in [1.29, 1.82) is 0 Å². The first kappa shape index (κ1) is 11.0. The van der Waals surface area contributed by atoms with Crippen molar-refractivity contribution in [3.8, 4) is 0 Å². The first-order chi connectivity index (χ1) is 6.45. The molecule has 4 nitrogen and oxygen atoms in total. The third-order valence-electron chi connectivity index (χ3n) is 1.95. The molecule has 1 aromatic heterocycles. The van der Waals surface area contributed by atoms with E-state index in [-0.39, 0.29) is 5.54 Å². The molecule has 14 heavy (non-hydrogen) atoms. The Morgan fingerprint density at radius 3 is 2.64 bits per heavy atom. The monoisotopic (exact) mass is 197 g/mol. The Balaban J connectivity index is 2.76. The van der Waals surface area contributed by atoms with E-state index in [1.54, 1.807) is 6.20 Å². The molecule has 0 aliphatic rings. The summed E-state index contributed by atoms with van der Waals surface area (Å²) in [6.45, 7) is 8.83. The van der Waals surface area contributed by atoms with E-state index in [1.807, 2.05) is 31.6 Å². The van der Waals surface area contributed by atoms with Gasteiger partial charge in [-0.3, -0.25) is 9.89 Å². The lowest BCUT2D eigenvalue weighted by Crippen LogP contribution is -2.38. The largest absolute Gasteiger partial charge is 0.288 e. The maximum atomic E-state index is 9.82. The summed E-state index contributed by atoms with van der Waals surface area (Å²) in [5.41, 5.74) is 0.450. The summed E-state index contributed by atoms with van der Waals surface area (Å²) in [6.07, 6.45) is 4.58. The molecule has 0 aliphatic heterocycles. The SMILES string of the molecule is CCCn1cc(N(O)C(C)(C)C)cn1. The normalized spacial score (nSPS) is 11.8. The summed E-state index contributed by atoms with van der Waals surface area (Å²) in [5, 5.41) is 15.2. The minimum Gasteiger partial charge on any atom is -0.288 e. The number of hydrogen-bond acceptors (Lipinski definition) is 3. The Bertz CT molecular complexity index is 288. The molecule has 1 rings (SSSR count). The van der Waals surface area contributed by atoms with Crippen molar-refractivity contribution in [3.05, 3.63) is 12.4 Å². The summed E-state index contributed by atoms with van der Waals surface area (Å²) in [7, 11) is 0. The van der Waals surface area contributed by atoms with Crippen LogP contribution in [0.15, 0.2) is 12.4 Å². The van der Waals surface area contributed by atoms with Crippen LogP contribution in [-0.4, -0.2) is 20.5 Å². The minimum atomic E-state index is -0.292. The zero-order valence-corrected chi connectivity index (χ0v) is 9.36. The molecule has 0 fully saturated rings. The number of rotatable bonds is 3. The van der Waals surface area contributed by atoms with Crippen LogP contribution in [0.2, 0.25) is 0 Å². The molecule has 0 aromatic carbocycles. The third-order valence-corrected chi connectivity index (χ3v) is 1.95. The molecule has 1 heterocycles. The molecular formula is C10H19N3O. The van der Waals surface area contributed by atoms with Crippen molar-refractivity contribution in [2.75, 3.05) is 5.06 Å². The van der Waals surface area contributed by atoms with Crippen LogP contribution in [0.3, 0.4) is 0 Å². The van der Waals surface area contributed by atoms with Gasteiger partial charge in [-0.2, -0.15) is 5.10 Å². The number of aryl methyl sites for hydroxylation is 1. The molecule has 80 valence electrons. The molecule has 0 atom stereocenters. The lowest BCUT2D eigenvalue weighted by atomic mass is 10.1. The Hall–Kier alpha value is -1.03. The van der Waals surface area contributed by atoms with Gasteiger partial charge in [0.1, 0.15) is 5.69 Å². The maximum Gasteiger partial charge on any atom is 0.102 e. The molecule has 0 radical (unpaired) electrons. The van der Waals surface area contributed by atoms with E-state index in [9.17, 15) is 5.21 Å². The zero-order valence-electron chi connectivity index (χ0n) is 9.36. The zero-order chi connectivity index (χ0) is 10.8. The standard InChI is InChI=1S/C10H19N3O/c1-5-6-12-8-9(7-11-12)13(14)10(2,3)4/h7-8,14H,5-6H2,1-4H3. The van der Waals surface area contributed by atoms with Gasteiger partial charge in [0.15, 0.2) is 0 Å². The van der Waals surface area contributed by atoms with Gasteiger partial charge in [-0.05, 0) is 27.2 Å². The summed E-state index contributed by atoms with van der Waals surface area (Å²) in [6, 6.07) is 0. The van der Waals surface area contributed by atoms with Crippen molar-refractivity contribution in [3.63, 3.8) is 0 Å². The van der Waals surface area contributed by atoms with Crippen LogP contribution in [0.25, 0.3) is 0 Å². The van der Waals surface area contributed by atoms with Crippen LogP contribution in [0.1, 0.15) is 34.1 Å². The summed E-state index contributed by atoms with van der Waals surface area (Å²) >= 11 is 0. The first-order valence-electron chi connectivity index (χ1n) is 4.96. The highest BCUT2D eigenvalue weighted by molar-refractivity contribution is 5.41. The predicted molar refractivity (Wildman–Crippen MR) is 56.5 cm³/mol. The van der Waals surface area contributed by atoms with Crippen LogP contribution >= 0.6 is 0 Å². The van der Waals surface area contributed by atoms with Crippen molar-refractivity contribution in [2.45, 2.75) is 46.2 Å². The van der Waals surface area contributed by atoms with Crippen LogP contribution in [0.4, 0.5) is 5.69 Å². The number of nitrogens with zero attached hydrogens (tertiary/aromatic N) is 3. The quantitative estimate of drug-likeness (QED) is 0.756. The molecule has 0 spiro atoms. The van der Waals surface area contributed by atoms with Crippen LogP contribution in [-0.2, 0) is 6.54 Å². The second kappa shape index (κ2) is 4.00. The first-order valence-corrected chi connectivity index (χ1v) is 4.96. The molecule has 0 aliphatic carbocycles. The molecule has 0 unspecified atom stereocenters. The number of hydrogen-bond donors (Lipinski definition) is 1. The van der Waals surface area contributed by atoms with Crippen molar-refractivity contribution >= 4 is 5.69 Å². The van der Waals surface area contributed by atoms with Crippen molar-refractivity contribution in [2.24, 2.45) is 0 Å². The number of hydroxylamine groups is 1. The van der Waals surface area contributed by atoms with E-state index in [1.165, 1.54) is 5.06 Å². The van der Waals surface area contributed by atoms with Crippen LogP contribution in [0.5, 0.6) is 0 Å². The Morgan fingerprint density at radius 2 is 2.14 bits per heavy atom. The van der Waals surface area contributed by atoms with E-state index >= 15 is 0 Å². The van der Waals surface area contributed by atoms with E-state index in [0.29, 0.717) is 0 Å². The highest BCUT2D eigenvalue weighted by Crippen LogP contribution is 2.20. The predicted octanol–water partition coefficient (Wildman–Crippen LogP) is 2.29. The molecular weight excluding hydrogens is 178 g/mol. The molecule has 0 saturated heterocycles. The van der Waals surface area contributed by atoms with E-state index in [0.717, 1.165) is 18.7 Å². The van der Waals surface area contributed by atoms with Gasteiger partial charge in [-0.25, -0.2) is 5.06 Å². The third kappa shape index (κ3) is 2.48. The van der Waals surface area contributed by atoms with E-state index in [4.69, 9.17) is 0 Å². The fourth-order valence-electron chi connectivity index (χ4n) is 1.20. The molecule has 1 aromatic rings. The maximum absolute atomic E-state index is 9.82. The molecule has 0 amide bonds. The van der Waals surface area contributed by atoms with Crippen molar-refractivity contribution < 1.29 is 5.21 Å². The van der Waals surface area contributed by atoms with E-state index < -0.39 is 0 Å².